The summed E-state index contributed by atoms with van der Waals surface area (Å²) >= 11 is 0. The molecular weight excluding hydrogens is 459 g/mol. The Balaban J connectivity index is 1.33. The first-order valence-corrected chi connectivity index (χ1v) is 13.0. The van der Waals surface area contributed by atoms with Crippen molar-refractivity contribution in [1.82, 2.24) is 15.3 Å². The molecule has 0 aliphatic heterocycles. The average molecular weight is 495 g/mol. The van der Waals surface area contributed by atoms with Crippen molar-refractivity contribution in [3.05, 3.63) is 58.2 Å². The number of hydrogen-bond donors (Lipinski definition) is 6. The second-order valence-electron chi connectivity index (χ2n) is 10.3. The number of halogens is 1. The van der Waals surface area contributed by atoms with Crippen LogP contribution in [0.4, 0.5) is 4.39 Å². The maximum Gasteiger partial charge on any atom is 0.253 e. The lowest BCUT2D eigenvalue weighted by Crippen LogP contribution is -2.39. The minimum absolute atomic E-state index is 0.0367. The van der Waals surface area contributed by atoms with E-state index in [1.54, 1.807) is 6.07 Å². The van der Waals surface area contributed by atoms with Gasteiger partial charge in [0.25, 0.3) is 5.91 Å². The van der Waals surface area contributed by atoms with Gasteiger partial charge in [0.2, 0.25) is 0 Å². The van der Waals surface area contributed by atoms with Gasteiger partial charge in [-0.3, -0.25) is 4.79 Å². The number of nitrogens with one attached hydrogen (secondary N) is 3. The van der Waals surface area contributed by atoms with Crippen molar-refractivity contribution >= 4 is 22.4 Å². The summed E-state index contributed by atoms with van der Waals surface area (Å²) < 4.78 is 14.0. The molecule has 0 saturated heterocycles. The average Bonchev–Trinajstić information content (AvgIpc) is 3.37. The van der Waals surface area contributed by atoms with Crippen LogP contribution in [0.3, 0.4) is 0 Å². The number of allylic oxidation sites excluding steroid dienone is 1. The van der Waals surface area contributed by atoms with Gasteiger partial charge in [-0.25, -0.2) is 4.39 Å². The highest BCUT2D eigenvalue weighted by Crippen LogP contribution is 2.41. The van der Waals surface area contributed by atoms with Crippen molar-refractivity contribution in [2.75, 3.05) is 6.54 Å². The predicted octanol–water partition coefficient (Wildman–Crippen LogP) is 4.42. The number of nitrogens with two attached hydrogens (primary N) is 1. The van der Waals surface area contributed by atoms with Crippen LogP contribution >= 0.6 is 0 Å². The number of aromatic amines is 2. The molecule has 2 aromatic heterocycles. The van der Waals surface area contributed by atoms with Crippen molar-refractivity contribution in [1.29, 1.82) is 0 Å². The molecule has 0 radical (unpaired) electrons. The Kier molecular flexibility index (Phi) is 6.90. The third kappa shape index (κ3) is 4.67. The van der Waals surface area contributed by atoms with Gasteiger partial charge in [-0.15, -0.1) is 0 Å². The van der Waals surface area contributed by atoms with Gasteiger partial charge in [-0.05, 0) is 68.7 Å². The summed E-state index contributed by atoms with van der Waals surface area (Å²) in [6.45, 7) is 1.98. The number of hydrogen-bond acceptors (Lipinski definition) is 4. The molecule has 8 heteroatoms. The van der Waals surface area contributed by atoms with E-state index in [0.717, 1.165) is 29.7 Å². The van der Waals surface area contributed by atoms with Gasteiger partial charge in [0.05, 0.1) is 22.9 Å². The van der Waals surface area contributed by atoms with Crippen LogP contribution in [0, 0.1) is 18.7 Å². The molecule has 2 heterocycles. The third-order valence-electron chi connectivity index (χ3n) is 7.84. The lowest BCUT2D eigenvalue weighted by atomic mass is 9.82. The van der Waals surface area contributed by atoms with E-state index in [9.17, 15) is 19.4 Å². The molecule has 2 aliphatic carbocycles. The maximum absolute atomic E-state index is 14.0. The fourth-order valence-corrected chi connectivity index (χ4v) is 6.03. The minimum Gasteiger partial charge on any atom is -0.494 e. The number of aryl methyl sites for hydroxylation is 1. The monoisotopic (exact) mass is 494 g/mol. The number of aliphatic hydroxyl groups excluding tert-OH is 1. The second kappa shape index (κ2) is 10.1. The van der Waals surface area contributed by atoms with Gasteiger partial charge in [0.15, 0.2) is 5.88 Å². The standard InChI is InChI=1S/C28H35FN4O3/c1-15-24(27(35)31-14-18(34)13-22(30)16-6-3-2-4-7-16)19-8-5-9-20(26(19)32-15)25-21-12-17(29)10-11-23(21)33-28(25)36/h9-12,16,18,22,32-34,36H,2-8,13-14,30H2,1H3,(H,31,35). The number of benzene rings is 1. The Morgan fingerprint density at radius 1 is 1.25 bits per heavy atom. The zero-order valence-electron chi connectivity index (χ0n) is 20.7. The van der Waals surface area contributed by atoms with Gasteiger partial charge < -0.3 is 31.2 Å². The summed E-state index contributed by atoms with van der Waals surface area (Å²) in [5, 5.41) is 24.7. The van der Waals surface area contributed by atoms with E-state index in [4.69, 9.17) is 5.73 Å². The van der Waals surface area contributed by atoms with Crippen molar-refractivity contribution in [2.45, 2.75) is 70.4 Å². The van der Waals surface area contributed by atoms with E-state index in [1.807, 2.05) is 13.0 Å². The number of H-pyrrole nitrogens is 2. The predicted molar refractivity (Wildman–Crippen MR) is 138 cm³/mol. The molecule has 5 rings (SSSR count). The zero-order valence-corrected chi connectivity index (χ0v) is 20.7. The fourth-order valence-electron chi connectivity index (χ4n) is 6.03. The molecule has 1 saturated carbocycles. The van der Waals surface area contributed by atoms with Gasteiger partial charge in [0, 0.05) is 34.8 Å². The van der Waals surface area contributed by atoms with Crippen molar-refractivity contribution in [2.24, 2.45) is 11.7 Å². The van der Waals surface area contributed by atoms with Crippen LogP contribution in [0.1, 0.15) is 77.8 Å². The minimum atomic E-state index is -0.700. The third-order valence-corrected chi connectivity index (χ3v) is 7.84. The summed E-state index contributed by atoms with van der Waals surface area (Å²) in [5.41, 5.74) is 11.1. The van der Waals surface area contributed by atoms with Crippen molar-refractivity contribution in [3.8, 4) is 5.88 Å². The summed E-state index contributed by atoms with van der Waals surface area (Å²) in [4.78, 5) is 19.4. The van der Waals surface area contributed by atoms with Gasteiger partial charge >= 0.3 is 0 Å². The highest BCUT2D eigenvalue weighted by Gasteiger charge is 2.29. The highest BCUT2D eigenvalue weighted by molar-refractivity contribution is 6.03. The van der Waals surface area contributed by atoms with E-state index in [-0.39, 0.29) is 30.2 Å². The smallest absolute Gasteiger partial charge is 0.253 e. The molecule has 1 amide bonds. The quantitative estimate of drug-likeness (QED) is 0.291. The first-order chi connectivity index (χ1) is 17.3. The molecule has 36 heavy (non-hydrogen) atoms. The normalized spacial score (nSPS) is 18.1. The highest BCUT2D eigenvalue weighted by atomic mass is 19.1. The molecule has 0 bridgehead atoms. The maximum atomic E-state index is 14.0. The van der Waals surface area contributed by atoms with Gasteiger partial charge in [0.1, 0.15) is 5.82 Å². The van der Waals surface area contributed by atoms with E-state index < -0.39 is 6.10 Å². The van der Waals surface area contributed by atoms with Crippen LogP contribution < -0.4 is 11.1 Å². The number of amides is 1. The molecule has 7 N–H and O–H groups in total. The Labute approximate surface area is 210 Å². The van der Waals surface area contributed by atoms with Crippen LogP contribution in [-0.4, -0.2) is 44.8 Å². The lowest BCUT2D eigenvalue weighted by molar-refractivity contribution is 0.0893. The van der Waals surface area contributed by atoms with Crippen LogP contribution in [-0.2, 0) is 6.42 Å². The molecule has 3 aromatic rings. The SMILES string of the molecule is Cc1[nH]c2c(c1C(=O)NCC(O)CC(N)C1CCCCC1)CCC=C2c1c(O)[nH]c2ccc(F)cc12. The number of rotatable bonds is 7. The topological polar surface area (TPSA) is 127 Å². The molecular formula is C28H35FN4O3. The Hall–Kier alpha value is -3.10. The number of aromatic hydroxyl groups is 1. The molecule has 2 atom stereocenters. The van der Waals surface area contributed by atoms with E-state index in [0.29, 0.717) is 52.9 Å². The second-order valence-corrected chi connectivity index (χ2v) is 10.3. The molecule has 0 spiro atoms. The van der Waals surface area contributed by atoms with Crippen LogP contribution in [0.15, 0.2) is 24.3 Å². The molecule has 2 unspecified atom stereocenters. The molecule has 1 fully saturated rings. The van der Waals surface area contributed by atoms with Gasteiger partial charge in [-0.1, -0.05) is 25.3 Å². The Morgan fingerprint density at radius 2 is 2.03 bits per heavy atom. The summed E-state index contributed by atoms with van der Waals surface area (Å²) in [7, 11) is 0. The zero-order chi connectivity index (χ0) is 25.4. The molecule has 7 nitrogen and oxygen atoms in total. The number of fused-ring (bicyclic) bond motifs is 2. The number of carbonyl (C=O) groups excluding carboxylic acids is 1. The van der Waals surface area contributed by atoms with E-state index in [1.165, 1.54) is 31.4 Å². The lowest BCUT2D eigenvalue weighted by Gasteiger charge is -2.29. The summed E-state index contributed by atoms with van der Waals surface area (Å²) in [6.07, 6.45) is 9.01. The summed E-state index contributed by atoms with van der Waals surface area (Å²) in [6, 6.07) is 4.29. The van der Waals surface area contributed by atoms with E-state index in [2.05, 4.69) is 15.3 Å². The summed E-state index contributed by atoms with van der Waals surface area (Å²) in [5.74, 6) is -0.220. The molecule has 192 valence electrons. The number of aromatic nitrogens is 2. The van der Waals surface area contributed by atoms with Crippen molar-refractivity contribution in [3.63, 3.8) is 0 Å². The first-order valence-electron chi connectivity index (χ1n) is 13.0. The molecule has 1 aromatic carbocycles. The molecule has 2 aliphatic rings. The number of carbonyl (C=O) groups is 1. The van der Waals surface area contributed by atoms with Crippen LogP contribution in [0.25, 0.3) is 16.5 Å². The van der Waals surface area contributed by atoms with Crippen LogP contribution in [0.5, 0.6) is 5.88 Å². The van der Waals surface area contributed by atoms with E-state index >= 15 is 0 Å². The first kappa shape index (κ1) is 24.6. The van der Waals surface area contributed by atoms with Crippen molar-refractivity contribution < 1.29 is 19.4 Å². The van der Waals surface area contributed by atoms with Gasteiger partial charge in [-0.2, -0.15) is 0 Å². The Morgan fingerprint density at radius 3 is 2.81 bits per heavy atom. The number of aliphatic hydroxyl groups is 1. The fraction of sp³-hybridized carbons (Fsp3) is 0.464. The largest absolute Gasteiger partial charge is 0.494 e. The Bertz CT molecular complexity index is 1300. The van der Waals surface area contributed by atoms with Crippen LogP contribution in [0.2, 0.25) is 0 Å².